The van der Waals surface area contributed by atoms with E-state index in [1.165, 1.54) is 6.26 Å². The molecular formula is C11H14BrN3O2S. The molecule has 0 aliphatic heterocycles. The van der Waals surface area contributed by atoms with Crippen LogP contribution in [0.2, 0.25) is 0 Å². The molecule has 1 aromatic carbocycles. The minimum absolute atomic E-state index is 0.0404. The van der Waals surface area contributed by atoms with Crippen molar-refractivity contribution in [2.45, 2.75) is 13.0 Å². The molecule has 2 rings (SSSR count). The summed E-state index contributed by atoms with van der Waals surface area (Å²) < 4.78 is 25.4. The summed E-state index contributed by atoms with van der Waals surface area (Å²) >= 11 is 3.37. The van der Waals surface area contributed by atoms with Crippen molar-refractivity contribution >= 4 is 42.7 Å². The van der Waals surface area contributed by atoms with E-state index in [1.54, 1.807) is 4.57 Å². The summed E-state index contributed by atoms with van der Waals surface area (Å²) in [4.78, 5) is 4.24. The van der Waals surface area contributed by atoms with Gasteiger partial charge in [0.05, 0.1) is 16.8 Å². The lowest BCUT2D eigenvalue weighted by atomic mass is 10.3. The molecule has 0 amide bonds. The molecule has 0 aliphatic rings. The molecule has 98 valence electrons. The number of imidazole rings is 1. The Bertz CT molecular complexity index is 694. The number of fused-ring (bicyclic) bond motifs is 1. The largest absolute Gasteiger partial charge is 0.369 e. The van der Waals surface area contributed by atoms with Gasteiger partial charge in [0.2, 0.25) is 5.95 Å². The van der Waals surface area contributed by atoms with Crippen LogP contribution >= 0.6 is 15.9 Å². The van der Waals surface area contributed by atoms with Gasteiger partial charge in [-0.05, 0) is 25.1 Å². The van der Waals surface area contributed by atoms with Gasteiger partial charge in [0.25, 0.3) is 0 Å². The summed E-state index contributed by atoms with van der Waals surface area (Å²) in [7, 11) is -3.06. The number of sulfone groups is 1. The summed E-state index contributed by atoms with van der Waals surface area (Å²) in [6.07, 6.45) is 1.22. The first kappa shape index (κ1) is 13.4. The van der Waals surface area contributed by atoms with Crippen molar-refractivity contribution in [2.75, 3.05) is 17.7 Å². The van der Waals surface area contributed by atoms with E-state index in [0.29, 0.717) is 5.95 Å². The van der Waals surface area contributed by atoms with Crippen LogP contribution in [0.15, 0.2) is 22.7 Å². The Labute approximate surface area is 114 Å². The van der Waals surface area contributed by atoms with Crippen LogP contribution in [-0.4, -0.2) is 30.0 Å². The highest BCUT2D eigenvalue weighted by Crippen LogP contribution is 2.25. The number of nitrogen functional groups attached to an aromatic ring is 1. The number of nitrogens with two attached hydrogens (primary N) is 1. The maximum Gasteiger partial charge on any atom is 0.201 e. The van der Waals surface area contributed by atoms with Gasteiger partial charge in [-0.1, -0.05) is 15.9 Å². The predicted octanol–water partition coefficient (Wildman–Crippen LogP) is 1.99. The number of anilines is 1. The molecule has 0 bridgehead atoms. The molecule has 0 fully saturated rings. The molecule has 1 atom stereocenters. The smallest absolute Gasteiger partial charge is 0.201 e. The first-order valence-corrected chi connectivity index (χ1v) is 8.24. The second-order valence-electron chi connectivity index (χ2n) is 4.41. The molecule has 0 spiro atoms. The molecular weight excluding hydrogens is 318 g/mol. The van der Waals surface area contributed by atoms with Crippen LogP contribution in [0.4, 0.5) is 5.95 Å². The van der Waals surface area contributed by atoms with Crippen molar-refractivity contribution in [3.63, 3.8) is 0 Å². The van der Waals surface area contributed by atoms with Crippen LogP contribution in [0.1, 0.15) is 13.0 Å². The zero-order valence-electron chi connectivity index (χ0n) is 10.1. The monoisotopic (exact) mass is 331 g/mol. The van der Waals surface area contributed by atoms with Gasteiger partial charge >= 0.3 is 0 Å². The van der Waals surface area contributed by atoms with E-state index in [9.17, 15) is 8.42 Å². The van der Waals surface area contributed by atoms with Crippen LogP contribution in [0.25, 0.3) is 11.0 Å². The summed E-state index contributed by atoms with van der Waals surface area (Å²) in [6, 6.07) is 5.37. The first-order valence-electron chi connectivity index (χ1n) is 5.38. The molecule has 18 heavy (non-hydrogen) atoms. The molecule has 7 heteroatoms. The van der Waals surface area contributed by atoms with Gasteiger partial charge in [-0.15, -0.1) is 0 Å². The van der Waals surface area contributed by atoms with Crippen LogP contribution in [0.5, 0.6) is 0 Å². The molecule has 1 heterocycles. The normalized spacial score (nSPS) is 13.9. The van der Waals surface area contributed by atoms with Crippen molar-refractivity contribution in [1.82, 2.24) is 9.55 Å². The maximum atomic E-state index is 11.4. The van der Waals surface area contributed by atoms with Crippen molar-refractivity contribution in [3.8, 4) is 0 Å². The Morgan fingerprint density at radius 2 is 2.17 bits per heavy atom. The van der Waals surface area contributed by atoms with Crippen molar-refractivity contribution in [2.24, 2.45) is 0 Å². The third kappa shape index (κ3) is 2.67. The van der Waals surface area contributed by atoms with Gasteiger partial charge in [0.15, 0.2) is 0 Å². The average Bonchev–Trinajstić information content (AvgIpc) is 2.50. The zero-order valence-corrected chi connectivity index (χ0v) is 12.5. The molecule has 1 aromatic heterocycles. The van der Waals surface area contributed by atoms with Crippen LogP contribution in [0.3, 0.4) is 0 Å². The molecule has 5 nitrogen and oxygen atoms in total. The highest BCUT2D eigenvalue weighted by molar-refractivity contribution is 9.10. The molecule has 0 saturated carbocycles. The van der Waals surface area contributed by atoms with Gasteiger partial charge in [-0.3, -0.25) is 0 Å². The number of hydrogen-bond donors (Lipinski definition) is 1. The number of halogens is 1. The van der Waals surface area contributed by atoms with E-state index in [4.69, 9.17) is 5.73 Å². The zero-order chi connectivity index (χ0) is 13.5. The maximum absolute atomic E-state index is 11.4. The van der Waals surface area contributed by atoms with Gasteiger partial charge in [0, 0.05) is 16.8 Å². The highest BCUT2D eigenvalue weighted by atomic mass is 79.9. The van der Waals surface area contributed by atoms with E-state index in [1.807, 2.05) is 25.1 Å². The number of rotatable bonds is 3. The van der Waals surface area contributed by atoms with Crippen molar-refractivity contribution in [1.29, 1.82) is 0 Å². The van der Waals surface area contributed by atoms with E-state index < -0.39 is 9.84 Å². The van der Waals surface area contributed by atoms with E-state index >= 15 is 0 Å². The fraction of sp³-hybridized carbons (Fsp3) is 0.364. The fourth-order valence-electron chi connectivity index (χ4n) is 2.07. The standard InChI is InChI=1S/C11H14BrN3O2S/c1-7(6-18(2,16)17)15-10-4-3-8(12)5-9(10)14-11(15)13/h3-5,7H,6H2,1-2H3,(H2,13,14). The summed E-state index contributed by atoms with van der Waals surface area (Å²) in [5, 5.41) is 0. The number of aromatic nitrogens is 2. The number of nitrogens with zero attached hydrogens (tertiary/aromatic N) is 2. The Kier molecular flexibility index (Phi) is 3.37. The highest BCUT2D eigenvalue weighted by Gasteiger charge is 2.18. The average molecular weight is 332 g/mol. The summed E-state index contributed by atoms with van der Waals surface area (Å²) in [5.74, 6) is 0.373. The Morgan fingerprint density at radius 1 is 1.50 bits per heavy atom. The lowest BCUT2D eigenvalue weighted by Gasteiger charge is -2.14. The molecule has 2 aromatic rings. The lowest BCUT2D eigenvalue weighted by molar-refractivity contribution is 0.571. The van der Waals surface area contributed by atoms with Gasteiger partial charge < -0.3 is 10.3 Å². The topological polar surface area (TPSA) is 78.0 Å². The quantitative estimate of drug-likeness (QED) is 0.932. The molecule has 0 radical (unpaired) electrons. The van der Waals surface area contributed by atoms with Crippen LogP contribution < -0.4 is 5.73 Å². The van der Waals surface area contributed by atoms with Crippen LogP contribution in [-0.2, 0) is 9.84 Å². The van der Waals surface area contributed by atoms with Crippen LogP contribution in [0, 0.1) is 0 Å². The van der Waals surface area contributed by atoms with E-state index in [-0.39, 0.29) is 11.8 Å². The number of hydrogen-bond acceptors (Lipinski definition) is 4. The predicted molar refractivity (Wildman–Crippen MR) is 76.3 cm³/mol. The number of benzene rings is 1. The molecule has 2 N–H and O–H groups in total. The Morgan fingerprint density at radius 3 is 2.78 bits per heavy atom. The minimum atomic E-state index is -3.06. The van der Waals surface area contributed by atoms with E-state index in [0.717, 1.165) is 15.5 Å². The first-order chi connectivity index (χ1) is 8.28. The third-order valence-electron chi connectivity index (χ3n) is 2.66. The van der Waals surface area contributed by atoms with E-state index in [2.05, 4.69) is 20.9 Å². The van der Waals surface area contributed by atoms with Gasteiger partial charge in [-0.25, -0.2) is 13.4 Å². The fourth-order valence-corrected chi connectivity index (χ4v) is 3.44. The minimum Gasteiger partial charge on any atom is -0.369 e. The molecule has 1 unspecified atom stereocenters. The van der Waals surface area contributed by atoms with Gasteiger partial charge in [0.1, 0.15) is 9.84 Å². The van der Waals surface area contributed by atoms with Gasteiger partial charge in [-0.2, -0.15) is 0 Å². The Balaban J connectivity index is 2.53. The summed E-state index contributed by atoms with van der Waals surface area (Å²) in [6.45, 7) is 1.82. The SMILES string of the molecule is CC(CS(C)(=O)=O)n1c(N)nc2cc(Br)ccc21. The second-order valence-corrected chi connectivity index (χ2v) is 7.51. The second kappa shape index (κ2) is 4.55. The molecule has 0 aliphatic carbocycles. The Hall–Kier alpha value is -1.08. The lowest BCUT2D eigenvalue weighted by Crippen LogP contribution is -2.18. The summed E-state index contributed by atoms with van der Waals surface area (Å²) in [5.41, 5.74) is 7.46. The van der Waals surface area contributed by atoms with Crippen molar-refractivity contribution < 1.29 is 8.42 Å². The molecule has 0 saturated heterocycles. The third-order valence-corrected chi connectivity index (χ3v) is 4.24. The van der Waals surface area contributed by atoms with Crippen molar-refractivity contribution in [3.05, 3.63) is 22.7 Å².